The number of alkyl halides is 1. The van der Waals surface area contributed by atoms with E-state index in [2.05, 4.69) is 52.2 Å². The molecule has 316 valence electrons. The molecule has 57 heavy (non-hydrogen) atoms. The lowest BCUT2D eigenvalue weighted by Crippen LogP contribution is -2.60. The Morgan fingerprint density at radius 2 is 1.61 bits per heavy atom. The fourth-order valence-corrected chi connectivity index (χ4v) is 6.69. The summed E-state index contributed by atoms with van der Waals surface area (Å²) in [5.74, 6) is -5.10. The van der Waals surface area contributed by atoms with Gasteiger partial charge in [0, 0.05) is 29.8 Å². The predicted octanol–water partition coefficient (Wildman–Crippen LogP) is 1.95. The minimum Gasteiger partial charge on any atom is -0.508 e. The van der Waals surface area contributed by atoms with Crippen LogP contribution in [0.5, 0.6) is 5.75 Å². The second-order valence-electron chi connectivity index (χ2n) is 14.6. The van der Waals surface area contributed by atoms with Gasteiger partial charge in [-0.25, -0.2) is 4.79 Å². The van der Waals surface area contributed by atoms with Crippen LogP contribution >= 0.6 is 15.9 Å². The lowest BCUT2D eigenvalue weighted by Gasteiger charge is -2.31. The first-order valence-electron chi connectivity index (χ1n) is 19.2. The number of carboxylic acid groups (broad SMARTS) is 1. The second-order valence-corrected chi connectivity index (χ2v) is 15.4. The van der Waals surface area contributed by atoms with Crippen molar-refractivity contribution in [3.05, 3.63) is 40.3 Å². The summed E-state index contributed by atoms with van der Waals surface area (Å²) >= 11 is 3.29. The lowest BCUT2D eigenvalue weighted by molar-refractivity contribution is -0.143. The van der Waals surface area contributed by atoms with E-state index in [1.807, 2.05) is 20.8 Å². The average Bonchev–Trinajstić information content (AvgIpc) is 3.66. The van der Waals surface area contributed by atoms with Crippen molar-refractivity contribution in [1.82, 2.24) is 26.2 Å². The van der Waals surface area contributed by atoms with Crippen LogP contribution in [-0.2, 0) is 35.2 Å². The van der Waals surface area contributed by atoms with Crippen molar-refractivity contribution < 1.29 is 39.0 Å². The van der Waals surface area contributed by atoms with Gasteiger partial charge >= 0.3 is 5.97 Å². The van der Waals surface area contributed by atoms with Gasteiger partial charge in [0.2, 0.25) is 29.5 Å². The predicted molar refractivity (Wildman–Crippen MR) is 217 cm³/mol. The number of aromatic hydroxyl groups is 1. The highest BCUT2D eigenvalue weighted by molar-refractivity contribution is 9.09. The molecule has 0 saturated carbocycles. The summed E-state index contributed by atoms with van der Waals surface area (Å²) < 4.78 is 0. The van der Waals surface area contributed by atoms with Gasteiger partial charge in [0.15, 0.2) is 5.96 Å². The molecular weight excluding hydrogens is 806 g/mol. The highest BCUT2D eigenvalue weighted by Gasteiger charge is 2.40. The van der Waals surface area contributed by atoms with E-state index in [-0.39, 0.29) is 69.2 Å². The van der Waals surface area contributed by atoms with E-state index in [1.165, 1.54) is 17.0 Å². The summed E-state index contributed by atoms with van der Waals surface area (Å²) in [5.41, 5.74) is 20.5. The van der Waals surface area contributed by atoms with E-state index in [1.54, 1.807) is 19.1 Å². The summed E-state index contributed by atoms with van der Waals surface area (Å²) in [5, 5.41) is 34.5. The Balaban J connectivity index is 2.41. The smallest absolute Gasteiger partial charge is 0.326 e. The van der Waals surface area contributed by atoms with Gasteiger partial charge in [0.25, 0.3) is 0 Å². The molecule has 0 unspecified atom stereocenters. The number of amides is 5. The number of rotatable bonds is 24. The fraction of sp³-hybridized carbons (Fsp3) is 0.649. The maximum atomic E-state index is 14.1. The molecule has 10 N–H and O–H groups in total. The molecule has 2 rings (SSSR count). The summed E-state index contributed by atoms with van der Waals surface area (Å²) in [4.78, 5) is 89.1. The zero-order chi connectivity index (χ0) is 42.7. The number of hydrogen-bond acceptors (Lipinski definition) is 9. The van der Waals surface area contributed by atoms with Crippen LogP contribution in [0.25, 0.3) is 10.4 Å². The number of carbonyl (C=O) groups is 6. The maximum Gasteiger partial charge on any atom is 0.326 e. The molecule has 1 fully saturated rings. The zero-order valence-corrected chi connectivity index (χ0v) is 34.6. The Labute approximate surface area is 341 Å². The van der Waals surface area contributed by atoms with Gasteiger partial charge in [-0.2, -0.15) is 0 Å². The fourth-order valence-electron chi connectivity index (χ4n) is 6.36. The number of nitrogens with two attached hydrogens (primary N) is 2. The van der Waals surface area contributed by atoms with E-state index in [9.17, 15) is 39.0 Å². The third-order valence-corrected chi connectivity index (χ3v) is 10.2. The molecule has 1 aromatic carbocycles. The Hall–Kier alpha value is -5.10. The SMILES string of the molecule is CC[C@H](C)[C@@H](NC(=O)[C@@H](Cc1ccc(O)cc1)NC(=O)[C@H]1CCCN1C(=O)[C@@H](CCCN=C(N)N)NC(=O)[C@H](CCCBr)N=[N+]=[N-])C(=O)N[C@H](CC(C)C)C(=O)O. The number of nitrogens with zero attached hydrogens (tertiary/aromatic N) is 5. The molecular formula is C37H58BrN11O8. The molecule has 19 nitrogen and oxygen atoms in total. The van der Waals surface area contributed by atoms with Crippen molar-refractivity contribution in [3.8, 4) is 5.75 Å². The minimum absolute atomic E-state index is 0.0133. The van der Waals surface area contributed by atoms with Crippen LogP contribution in [0.2, 0.25) is 0 Å². The summed E-state index contributed by atoms with van der Waals surface area (Å²) in [6.07, 6.45) is 2.40. The number of hydrogen-bond donors (Lipinski definition) is 8. The molecule has 1 saturated heterocycles. The topological polar surface area (TPSA) is 307 Å². The first-order chi connectivity index (χ1) is 27.0. The van der Waals surface area contributed by atoms with Gasteiger partial charge in [0.1, 0.15) is 42.0 Å². The molecule has 1 aliphatic heterocycles. The van der Waals surface area contributed by atoms with Gasteiger partial charge in [-0.05, 0) is 80.0 Å². The van der Waals surface area contributed by atoms with Crippen LogP contribution in [0, 0.1) is 11.8 Å². The highest BCUT2D eigenvalue weighted by atomic mass is 79.9. The third-order valence-electron chi connectivity index (χ3n) is 9.63. The molecule has 5 amide bonds. The van der Waals surface area contributed by atoms with Gasteiger partial charge in [-0.15, -0.1) is 0 Å². The molecule has 0 spiro atoms. The van der Waals surface area contributed by atoms with Crippen molar-refractivity contribution >= 4 is 57.4 Å². The summed E-state index contributed by atoms with van der Waals surface area (Å²) in [7, 11) is 0. The second kappa shape index (κ2) is 24.5. The van der Waals surface area contributed by atoms with Crippen molar-refractivity contribution in [2.24, 2.45) is 33.4 Å². The Bertz CT molecular complexity index is 1600. The normalized spacial score (nSPS) is 16.8. The molecule has 20 heteroatoms. The number of phenolic OH excluding ortho intramolecular Hbond substituents is 1. The number of azide groups is 1. The van der Waals surface area contributed by atoms with Crippen LogP contribution in [0.15, 0.2) is 34.4 Å². The van der Waals surface area contributed by atoms with Gasteiger partial charge in [-0.3, -0.25) is 29.0 Å². The van der Waals surface area contributed by atoms with E-state index < -0.39 is 77.7 Å². The average molecular weight is 865 g/mol. The first kappa shape index (κ1) is 48.0. The van der Waals surface area contributed by atoms with Crippen molar-refractivity contribution in [3.63, 3.8) is 0 Å². The summed E-state index contributed by atoms with van der Waals surface area (Å²) in [6, 6.07) is -0.835. The van der Waals surface area contributed by atoms with Crippen LogP contribution in [-0.4, -0.2) is 111 Å². The molecule has 1 heterocycles. The zero-order valence-electron chi connectivity index (χ0n) is 33.0. The van der Waals surface area contributed by atoms with E-state index in [4.69, 9.17) is 17.0 Å². The molecule has 1 aliphatic rings. The maximum absolute atomic E-state index is 14.1. The molecule has 0 radical (unpaired) electrons. The Kier molecular flexibility index (Phi) is 20.7. The number of benzene rings is 1. The molecule has 0 bridgehead atoms. The standard InChI is InChI=1S/C37H58BrN11O8/c1-5-22(4)30(34(54)45-28(36(56)57)19-21(2)3)46-32(52)27(20-23-12-14-24(50)15-13-23)44-33(53)29-11-8-18-49(29)35(55)26(10-7-17-42-37(39)40)43-31(51)25(47-48-41)9-6-16-38/h12-15,21-22,25-30,50H,5-11,16-20H2,1-4H3,(H,43,51)(H,44,53)(H,45,54)(H,46,52)(H,56,57)(H4,39,40,42)/t22-,25-,26+,27+,28+,29+,30+/m0/s1. The van der Waals surface area contributed by atoms with Crippen LogP contribution < -0.4 is 32.7 Å². The first-order valence-corrected chi connectivity index (χ1v) is 20.3. The molecule has 0 aliphatic carbocycles. The Morgan fingerprint density at radius 1 is 0.947 bits per heavy atom. The summed E-state index contributed by atoms with van der Waals surface area (Å²) in [6.45, 7) is 7.54. The number of nitrogens with one attached hydrogen (secondary N) is 4. The minimum atomic E-state index is -1.26. The largest absolute Gasteiger partial charge is 0.508 e. The van der Waals surface area contributed by atoms with Crippen molar-refractivity contribution in [2.45, 2.75) is 122 Å². The number of phenols is 1. The lowest BCUT2D eigenvalue weighted by atomic mass is 9.96. The Morgan fingerprint density at radius 3 is 2.19 bits per heavy atom. The van der Waals surface area contributed by atoms with Crippen LogP contribution in [0.4, 0.5) is 0 Å². The number of aliphatic carboxylic acids is 1. The highest BCUT2D eigenvalue weighted by Crippen LogP contribution is 2.21. The molecule has 7 atom stereocenters. The number of carboxylic acids is 1. The molecule has 1 aromatic rings. The van der Waals surface area contributed by atoms with Crippen molar-refractivity contribution in [2.75, 3.05) is 18.4 Å². The number of likely N-dealkylation sites (tertiary alicyclic amines) is 1. The van der Waals surface area contributed by atoms with E-state index >= 15 is 0 Å². The number of aliphatic imine (C=N–C) groups is 1. The van der Waals surface area contributed by atoms with Gasteiger partial charge in [-0.1, -0.05) is 67.3 Å². The quantitative estimate of drug-likeness (QED) is 0.0142. The number of guanidine groups is 1. The number of halogens is 1. The van der Waals surface area contributed by atoms with E-state index in [0.29, 0.717) is 30.2 Å². The van der Waals surface area contributed by atoms with Crippen LogP contribution in [0.1, 0.15) is 84.6 Å². The van der Waals surface area contributed by atoms with Gasteiger partial charge in [0.05, 0.1) is 0 Å². The van der Waals surface area contributed by atoms with E-state index in [0.717, 1.165) is 0 Å². The monoisotopic (exact) mass is 863 g/mol. The third kappa shape index (κ3) is 16.1. The molecule has 0 aromatic heterocycles. The van der Waals surface area contributed by atoms with Gasteiger partial charge < -0.3 is 47.8 Å². The van der Waals surface area contributed by atoms with Crippen LogP contribution in [0.3, 0.4) is 0 Å². The van der Waals surface area contributed by atoms with Crippen molar-refractivity contribution in [1.29, 1.82) is 0 Å². The number of carbonyl (C=O) groups excluding carboxylic acids is 5.